The average Bonchev–Trinajstić information content (AvgIpc) is 2.68. The summed E-state index contributed by atoms with van der Waals surface area (Å²) in [5.74, 6) is 0.107. The van der Waals surface area contributed by atoms with Crippen molar-refractivity contribution >= 4 is 23.4 Å². The van der Waals surface area contributed by atoms with E-state index in [4.69, 9.17) is 10.5 Å². The first-order chi connectivity index (χ1) is 13.1. The molecule has 0 spiro atoms. The second kappa shape index (κ2) is 6.92. The lowest BCUT2D eigenvalue weighted by atomic mass is 10.1. The first kappa shape index (κ1) is 16.8. The minimum absolute atomic E-state index is 0.195. The van der Waals surface area contributed by atoms with Crippen molar-refractivity contribution in [2.24, 2.45) is 0 Å². The third kappa shape index (κ3) is 3.50. The van der Waals surface area contributed by atoms with Crippen LogP contribution in [-0.2, 0) is 11.3 Å². The lowest BCUT2D eigenvalue weighted by Gasteiger charge is -2.31. The number of rotatable bonds is 3. The zero-order valence-corrected chi connectivity index (χ0v) is 14.3. The molecule has 0 saturated carbocycles. The van der Waals surface area contributed by atoms with Gasteiger partial charge >= 0.3 is 0 Å². The quantitative estimate of drug-likeness (QED) is 0.570. The number of nitrogens with two attached hydrogens (primary N) is 1. The number of hydrogen-bond acceptors (Lipinski definition) is 4. The fourth-order valence-electron chi connectivity index (χ4n) is 2.87. The van der Waals surface area contributed by atoms with Gasteiger partial charge < -0.3 is 10.5 Å². The number of carbonyl (C=O) groups is 1. The van der Waals surface area contributed by atoms with Crippen molar-refractivity contribution in [1.82, 2.24) is 4.98 Å². The Labute approximate surface area is 155 Å². The maximum absolute atomic E-state index is 13.2. The molecule has 0 fully saturated rings. The second-order valence-electron chi connectivity index (χ2n) is 6.14. The summed E-state index contributed by atoms with van der Waals surface area (Å²) >= 11 is 0. The van der Waals surface area contributed by atoms with Gasteiger partial charge in [-0.2, -0.15) is 0 Å². The summed E-state index contributed by atoms with van der Waals surface area (Å²) in [4.78, 5) is 18.6. The number of anilines is 2. The minimum atomic E-state index is -0.324. The molecule has 0 unspecified atom stereocenters. The van der Waals surface area contributed by atoms with Crippen molar-refractivity contribution in [3.63, 3.8) is 0 Å². The molecule has 0 bridgehead atoms. The standard InChI is InChI=1S/C21H16FN3O2/c22-16-3-1-15(2-4-16)13-25-18-12-17(23)5-6-19(18)27-20(21(25)26)11-14-7-9-24-10-8-14/h1-12H,13,23H2/b20-11+. The van der Waals surface area contributed by atoms with Crippen LogP contribution in [0.2, 0.25) is 0 Å². The second-order valence-corrected chi connectivity index (χ2v) is 6.14. The SMILES string of the molecule is Nc1ccc2c(c1)N(Cc1ccc(F)cc1)C(=O)/C(=C\c1ccncc1)O2. The van der Waals surface area contributed by atoms with Crippen LogP contribution in [0, 0.1) is 5.82 Å². The van der Waals surface area contributed by atoms with Crippen LogP contribution in [0.4, 0.5) is 15.8 Å². The fraction of sp³-hybridized carbons (Fsp3) is 0.0476. The van der Waals surface area contributed by atoms with E-state index in [0.29, 0.717) is 17.1 Å². The van der Waals surface area contributed by atoms with Crippen molar-refractivity contribution < 1.29 is 13.9 Å². The first-order valence-corrected chi connectivity index (χ1v) is 8.35. The smallest absolute Gasteiger partial charge is 0.294 e. The lowest BCUT2D eigenvalue weighted by Crippen LogP contribution is -2.36. The summed E-state index contributed by atoms with van der Waals surface area (Å²) in [5.41, 5.74) is 8.59. The number of amides is 1. The number of aromatic nitrogens is 1. The molecule has 1 aliphatic heterocycles. The van der Waals surface area contributed by atoms with Gasteiger partial charge in [0.05, 0.1) is 12.2 Å². The molecule has 2 aromatic carbocycles. The first-order valence-electron chi connectivity index (χ1n) is 8.35. The number of ether oxygens (including phenoxy) is 1. The van der Waals surface area contributed by atoms with E-state index in [1.807, 2.05) is 0 Å². The number of hydrogen-bond donors (Lipinski definition) is 1. The summed E-state index contributed by atoms with van der Waals surface area (Å²) in [5, 5.41) is 0. The average molecular weight is 361 g/mol. The van der Waals surface area contributed by atoms with Crippen LogP contribution in [0.3, 0.4) is 0 Å². The van der Waals surface area contributed by atoms with Gasteiger partial charge in [0.2, 0.25) is 0 Å². The molecular formula is C21H16FN3O2. The highest BCUT2D eigenvalue weighted by Crippen LogP contribution is 2.38. The maximum atomic E-state index is 13.2. The van der Waals surface area contributed by atoms with Gasteiger partial charge in [-0.3, -0.25) is 14.7 Å². The molecule has 2 N–H and O–H groups in total. The molecule has 0 atom stereocenters. The third-order valence-electron chi connectivity index (χ3n) is 4.21. The van der Waals surface area contributed by atoms with Gasteiger partial charge in [-0.1, -0.05) is 12.1 Å². The third-order valence-corrected chi connectivity index (χ3v) is 4.21. The number of nitrogen functional groups attached to an aromatic ring is 1. The van der Waals surface area contributed by atoms with Crippen LogP contribution in [0.25, 0.3) is 6.08 Å². The van der Waals surface area contributed by atoms with E-state index in [1.54, 1.807) is 65.8 Å². The van der Waals surface area contributed by atoms with Crippen molar-refractivity contribution in [3.05, 3.63) is 89.7 Å². The largest absolute Gasteiger partial charge is 0.449 e. The number of nitrogens with zero attached hydrogens (tertiary/aromatic N) is 2. The van der Waals surface area contributed by atoms with Crippen molar-refractivity contribution in [2.45, 2.75) is 6.54 Å². The van der Waals surface area contributed by atoms with Gasteiger partial charge in [0.1, 0.15) is 5.82 Å². The van der Waals surface area contributed by atoms with Gasteiger partial charge in [-0.05, 0) is 59.7 Å². The fourth-order valence-corrected chi connectivity index (χ4v) is 2.87. The monoisotopic (exact) mass is 361 g/mol. The van der Waals surface area contributed by atoms with E-state index in [2.05, 4.69) is 4.98 Å². The molecular weight excluding hydrogens is 345 g/mol. The minimum Gasteiger partial charge on any atom is -0.449 e. The maximum Gasteiger partial charge on any atom is 0.294 e. The molecule has 4 rings (SSSR count). The van der Waals surface area contributed by atoms with E-state index in [1.165, 1.54) is 12.1 Å². The van der Waals surface area contributed by atoms with Crippen molar-refractivity contribution in [2.75, 3.05) is 10.6 Å². The summed E-state index contributed by atoms with van der Waals surface area (Å²) < 4.78 is 19.0. The molecule has 1 aromatic heterocycles. The molecule has 27 heavy (non-hydrogen) atoms. The van der Waals surface area contributed by atoms with Crippen LogP contribution in [-0.4, -0.2) is 10.9 Å². The Hall–Kier alpha value is -3.67. The Morgan fingerprint density at radius 3 is 2.56 bits per heavy atom. The number of benzene rings is 2. The van der Waals surface area contributed by atoms with E-state index in [0.717, 1.165) is 11.1 Å². The summed E-state index contributed by atoms with van der Waals surface area (Å²) in [7, 11) is 0. The van der Waals surface area contributed by atoms with Gasteiger partial charge in [0, 0.05) is 18.1 Å². The predicted octanol–water partition coefficient (Wildman–Crippen LogP) is 3.77. The van der Waals surface area contributed by atoms with E-state index >= 15 is 0 Å². The van der Waals surface area contributed by atoms with Gasteiger partial charge in [0.15, 0.2) is 11.5 Å². The molecule has 1 aliphatic rings. The lowest BCUT2D eigenvalue weighted by molar-refractivity contribution is -0.117. The van der Waals surface area contributed by atoms with Gasteiger partial charge in [-0.25, -0.2) is 4.39 Å². The Bertz CT molecular complexity index is 1020. The normalized spacial score (nSPS) is 14.8. The van der Waals surface area contributed by atoms with Crippen LogP contribution in [0.5, 0.6) is 5.75 Å². The van der Waals surface area contributed by atoms with Crippen LogP contribution < -0.4 is 15.4 Å². The van der Waals surface area contributed by atoms with Crippen molar-refractivity contribution in [3.8, 4) is 5.75 Å². The number of pyridine rings is 1. The highest BCUT2D eigenvalue weighted by atomic mass is 19.1. The Balaban J connectivity index is 1.75. The molecule has 0 aliphatic carbocycles. The number of halogens is 1. The predicted molar refractivity (Wildman–Crippen MR) is 101 cm³/mol. The van der Waals surface area contributed by atoms with Gasteiger partial charge in [0.25, 0.3) is 5.91 Å². The molecule has 6 heteroatoms. The Kier molecular flexibility index (Phi) is 4.30. The van der Waals surface area contributed by atoms with Crippen LogP contribution >= 0.6 is 0 Å². The highest BCUT2D eigenvalue weighted by Gasteiger charge is 2.30. The Morgan fingerprint density at radius 2 is 1.81 bits per heavy atom. The van der Waals surface area contributed by atoms with Crippen LogP contribution in [0.15, 0.2) is 72.8 Å². The molecule has 2 heterocycles. The zero-order chi connectivity index (χ0) is 18.8. The van der Waals surface area contributed by atoms with E-state index < -0.39 is 0 Å². The molecule has 5 nitrogen and oxygen atoms in total. The summed E-state index contributed by atoms with van der Waals surface area (Å²) in [6.07, 6.45) is 4.95. The molecule has 3 aromatic rings. The Morgan fingerprint density at radius 1 is 1.07 bits per heavy atom. The number of carbonyl (C=O) groups excluding carboxylic acids is 1. The molecule has 0 radical (unpaired) electrons. The van der Waals surface area contributed by atoms with Gasteiger partial charge in [-0.15, -0.1) is 0 Å². The highest BCUT2D eigenvalue weighted by molar-refractivity contribution is 6.10. The number of fused-ring (bicyclic) bond motifs is 1. The summed E-state index contributed by atoms with van der Waals surface area (Å²) in [6, 6.07) is 14.7. The zero-order valence-electron chi connectivity index (χ0n) is 14.3. The van der Waals surface area contributed by atoms with Crippen molar-refractivity contribution in [1.29, 1.82) is 0 Å². The van der Waals surface area contributed by atoms with Crippen LogP contribution in [0.1, 0.15) is 11.1 Å². The summed E-state index contributed by atoms with van der Waals surface area (Å²) in [6.45, 7) is 0.270. The molecule has 1 amide bonds. The molecule has 134 valence electrons. The molecule has 0 saturated heterocycles. The topological polar surface area (TPSA) is 68.5 Å². The van der Waals surface area contributed by atoms with E-state index in [9.17, 15) is 9.18 Å². The van der Waals surface area contributed by atoms with E-state index in [-0.39, 0.29) is 24.0 Å².